The number of nitrogen functional groups attached to an aromatic ring is 1. The Hall–Kier alpha value is -1.60. The highest BCUT2D eigenvalue weighted by Crippen LogP contribution is 2.17. The van der Waals surface area contributed by atoms with Gasteiger partial charge in [-0.2, -0.15) is 4.31 Å². The maximum absolute atomic E-state index is 12.4. The molecule has 2 rings (SSSR count). The van der Waals surface area contributed by atoms with E-state index in [1.165, 1.54) is 10.6 Å². The van der Waals surface area contributed by atoms with Gasteiger partial charge in [-0.05, 0) is 19.1 Å². The van der Waals surface area contributed by atoms with Crippen LogP contribution in [0, 0.1) is 6.92 Å². The summed E-state index contributed by atoms with van der Waals surface area (Å²) in [5, 5.41) is 0. The number of aryl methyl sites for hydroxylation is 1. The van der Waals surface area contributed by atoms with Crippen LogP contribution in [0.4, 0.5) is 5.69 Å². The first kappa shape index (κ1) is 14.8. The van der Waals surface area contributed by atoms with Crippen molar-refractivity contribution in [3.05, 3.63) is 29.3 Å². The normalized spacial score (nSPS) is 17.2. The van der Waals surface area contributed by atoms with E-state index in [1.807, 2.05) is 13.0 Å². The maximum Gasteiger partial charge on any atom is 0.256 e. The molecule has 0 bridgehead atoms. The molecule has 110 valence electrons. The van der Waals surface area contributed by atoms with Gasteiger partial charge in [0.25, 0.3) is 5.91 Å². The summed E-state index contributed by atoms with van der Waals surface area (Å²) in [4.78, 5) is 14.1. The molecule has 2 N–H and O–H groups in total. The molecule has 1 aromatic rings. The van der Waals surface area contributed by atoms with Crippen LogP contribution in [0.3, 0.4) is 0 Å². The van der Waals surface area contributed by atoms with E-state index in [4.69, 9.17) is 5.73 Å². The number of carbonyl (C=O) groups excluding carboxylic acids is 1. The summed E-state index contributed by atoms with van der Waals surface area (Å²) in [6, 6.07) is 5.34. The second kappa shape index (κ2) is 5.41. The summed E-state index contributed by atoms with van der Waals surface area (Å²) >= 11 is 0. The zero-order valence-corrected chi connectivity index (χ0v) is 12.5. The number of anilines is 1. The van der Waals surface area contributed by atoms with Gasteiger partial charge in [0, 0.05) is 31.9 Å². The van der Waals surface area contributed by atoms with Gasteiger partial charge >= 0.3 is 0 Å². The molecule has 0 spiro atoms. The fourth-order valence-electron chi connectivity index (χ4n) is 2.25. The lowest BCUT2D eigenvalue weighted by molar-refractivity contribution is 0.0699. The van der Waals surface area contributed by atoms with Crippen LogP contribution >= 0.6 is 0 Å². The van der Waals surface area contributed by atoms with Crippen LogP contribution in [0.25, 0.3) is 0 Å². The number of carbonyl (C=O) groups is 1. The van der Waals surface area contributed by atoms with Crippen LogP contribution in [-0.4, -0.2) is 56.0 Å². The third-order valence-corrected chi connectivity index (χ3v) is 4.74. The molecule has 0 aromatic heterocycles. The zero-order chi connectivity index (χ0) is 14.9. The minimum absolute atomic E-state index is 0.139. The number of hydrogen-bond acceptors (Lipinski definition) is 4. The van der Waals surface area contributed by atoms with Crippen molar-refractivity contribution in [2.24, 2.45) is 0 Å². The smallest absolute Gasteiger partial charge is 0.256 e. The molecule has 0 saturated carbocycles. The number of rotatable bonds is 2. The fraction of sp³-hybridized carbons (Fsp3) is 0.462. The third kappa shape index (κ3) is 3.10. The molecule has 7 heteroatoms. The van der Waals surface area contributed by atoms with Gasteiger partial charge in [-0.15, -0.1) is 0 Å². The van der Waals surface area contributed by atoms with E-state index in [1.54, 1.807) is 17.0 Å². The summed E-state index contributed by atoms with van der Waals surface area (Å²) < 4.78 is 24.3. The summed E-state index contributed by atoms with van der Waals surface area (Å²) in [6.45, 7) is 3.34. The molecule has 0 aliphatic carbocycles. The third-order valence-electron chi connectivity index (χ3n) is 3.43. The lowest BCUT2D eigenvalue weighted by atomic mass is 10.1. The molecule has 20 heavy (non-hydrogen) atoms. The SMILES string of the molecule is Cc1ccc(N)c(C(=O)N2CCN(S(C)(=O)=O)CC2)c1. The van der Waals surface area contributed by atoms with Crippen LogP contribution in [0.15, 0.2) is 18.2 Å². The average Bonchev–Trinajstić information content (AvgIpc) is 2.40. The second-order valence-electron chi connectivity index (χ2n) is 5.04. The van der Waals surface area contributed by atoms with Gasteiger partial charge in [0.05, 0.1) is 11.8 Å². The van der Waals surface area contributed by atoms with Crippen molar-refractivity contribution in [2.45, 2.75) is 6.92 Å². The van der Waals surface area contributed by atoms with E-state index >= 15 is 0 Å². The first-order chi connectivity index (χ1) is 9.29. The Morgan fingerprint density at radius 3 is 2.35 bits per heavy atom. The quantitative estimate of drug-likeness (QED) is 0.796. The maximum atomic E-state index is 12.4. The molecule has 1 aromatic carbocycles. The highest BCUT2D eigenvalue weighted by atomic mass is 32.2. The molecule has 1 amide bonds. The topological polar surface area (TPSA) is 83.7 Å². The van der Waals surface area contributed by atoms with E-state index in [2.05, 4.69) is 0 Å². The summed E-state index contributed by atoms with van der Waals surface area (Å²) in [5.74, 6) is -0.139. The van der Waals surface area contributed by atoms with Gasteiger partial charge in [0.15, 0.2) is 0 Å². The Morgan fingerprint density at radius 1 is 1.20 bits per heavy atom. The summed E-state index contributed by atoms with van der Waals surface area (Å²) in [7, 11) is -3.18. The lowest BCUT2D eigenvalue weighted by Gasteiger charge is -2.33. The van der Waals surface area contributed by atoms with Gasteiger partial charge in [0.2, 0.25) is 10.0 Å². The molecule has 0 radical (unpaired) electrons. The Bertz CT molecular complexity index is 620. The molecule has 1 heterocycles. The monoisotopic (exact) mass is 297 g/mol. The Morgan fingerprint density at radius 2 is 1.80 bits per heavy atom. The van der Waals surface area contributed by atoms with Crippen LogP contribution in [0.5, 0.6) is 0 Å². The minimum atomic E-state index is -3.18. The summed E-state index contributed by atoms with van der Waals surface area (Å²) in [5.41, 5.74) is 7.74. The van der Waals surface area contributed by atoms with Crippen molar-refractivity contribution in [3.63, 3.8) is 0 Å². The van der Waals surface area contributed by atoms with Crippen molar-refractivity contribution >= 4 is 21.6 Å². The number of piperazine rings is 1. The molecule has 1 aliphatic heterocycles. The van der Waals surface area contributed by atoms with Crippen molar-refractivity contribution in [2.75, 3.05) is 38.2 Å². The Kier molecular flexibility index (Phi) is 4.01. The molecule has 0 atom stereocenters. The molecule has 1 aliphatic rings. The standard InChI is InChI=1S/C13H19N3O3S/c1-10-3-4-12(14)11(9-10)13(17)15-5-7-16(8-6-15)20(2,18)19/h3-4,9H,5-8,14H2,1-2H3. The molecular weight excluding hydrogens is 278 g/mol. The highest BCUT2D eigenvalue weighted by molar-refractivity contribution is 7.88. The number of benzene rings is 1. The van der Waals surface area contributed by atoms with Crippen molar-refractivity contribution < 1.29 is 13.2 Å². The van der Waals surface area contributed by atoms with E-state index < -0.39 is 10.0 Å². The van der Waals surface area contributed by atoms with Gasteiger partial charge in [0.1, 0.15) is 0 Å². The van der Waals surface area contributed by atoms with Crippen molar-refractivity contribution in [1.29, 1.82) is 0 Å². The number of hydrogen-bond donors (Lipinski definition) is 1. The Balaban J connectivity index is 2.11. The number of sulfonamides is 1. The van der Waals surface area contributed by atoms with Crippen molar-refractivity contribution in [3.8, 4) is 0 Å². The van der Waals surface area contributed by atoms with Crippen LogP contribution in [0.1, 0.15) is 15.9 Å². The lowest BCUT2D eigenvalue weighted by Crippen LogP contribution is -2.50. The summed E-state index contributed by atoms with van der Waals surface area (Å²) in [6.07, 6.45) is 1.18. The van der Waals surface area contributed by atoms with Gasteiger partial charge < -0.3 is 10.6 Å². The minimum Gasteiger partial charge on any atom is -0.398 e. The average molecular weight is 297 g/mol. The second-order valence-corrected chi connectivity index (χ2v) is 7.03. The predicted molar refractivity (Wildman–Crippen MR) is 77.9 cm³/mol. The Labute approximate surface area is 119 Å². The largest absolute Gasteiger partial charge is 0.398 e. The predicted octanol–water partition coefficient (Wildman–Crippen LogP) is 0.295. The van der Waals surface area contributed by atoms with E-state index in [-0.39, 0.29) is 5.91 Å². The first-order valence-electron chi connectivity index (χ1n) is 6.39. The molecule has 6 nitrogen and oxygen atoms in total. The first-order valence-corrected chi connectivity index (χ1v) is 8.24. The van der Waals surface area contributed by atoms with Crippen LogP contribution < -0.4 is 5.73 Å². The van der Waals surface area contributed by atoms with Crippen LogP contribution in [0.2, 0.25) is 0 Å². The van der Waals surface area contributed by atoms with Gasteiger partial charge in [-0.25, -0.2) is 8.42 Å². The van der Waals surface area contributed by atoms with E-state index in [9.17, 15) is 13.2 Å². The highest BCUT2D eigenvalue weighted by Gasteiger charge is 2.27. The van der Waals surface area contributed by atoms with E-state index in [0.29, 0.717) is 37.4 Å². The van der Waals surface area contributed by atoms with Gasteiger partial charge in [-0.3, -0.25) is 4.79 Å². The molecule has 1 saturated heterocycles. The molecular formula is C13H19N3O3S. The van der Waals surface area contributed by atoms with Crippen molar-refractivity contribution in [1.82, 2.24) is 9.21 Å². The number of nitrogens with two attached hydrogens (primary N) is 1. The molecule has 1 fully saturated rings. The fourth-order valence-corrected chi connectivity index (χ4v) is 3.08. The molecule has 0 unspecified atom stereocenters. The van der Waals surface area contributed by atoms with Gasteiger partial charge in [-0.1, -0.05) is 11.6 Å². The number of nitrogens with zero attached hydrogens (tertiary/aromatic N) is 2. The number of amides is 1. The van der Waals surface area contributed by atoms with E-state index in [0.717, 1.165) is 5.56 Å². The zero-order valence-electron chi connectivity index (χ0n) is 11.7. The van der Waals surface area contributed by atoms with Crippen LogP contribution in [-0.2, 0) is 10.0 Å².